The van der Waals surface area contributed by atoms with Crippen molar-refractivity contribution in [3.63, 3.8) is 0 Å². The number of fused-ring (bicyclic) bond motifs is 1. The maximum absolute atomic E-state index is 14.6. The monoisotopic (exact) mass is 568 g/mol. The molecule has 3 N–H and O–H groups in total. The summed E-state index contributed by atoms with van der Waals surface area (Å²) in [6.07, 6.45) is 1.80. The van der Waals surface area contributed by atoms with Gasteiger partial charge in [-0.3, -0.25) is 4.79 Å². The van der Waals surface area contributed by atoms with E-state index in [0.29, 0.717) is 17.0 Å². The molecule has 0 radical (unpaired) electrons. The lowest BCUT2D eigenvalue weighted by atomic mass is 9.88. The minimum absolute atomic E-state index is 0.0446. The highest BCUT2D eigenvalue weighted by atomic mass is 32.2. The number of hydrogen-bond acceptors (Lipinski definition) is 5. The van der Waals surface area contributed by atoms with Crippen LogP contribution in [0.5, 0.6) is 0 Å². The highest BCUT2D eigenvalue weighted by molar-refractivity contribution is 7.89. The van der Waals surface area contributed by atoms with Crippen molar-refractivity contribution in [1.82, 2.24) is 9.62 Å². The lowest BCUT2D eigenvalue weighted by molar-refractivity contribution is -0.136. The minimum atomic E-state index is -3.98. The van der Waals surface area contributed by atoms with Crippen LogP contribution in [0.4, 0.5) is 4.39 Å². The topological polar surface area (TPSA) is 107 Å². The summed E-state index contributed by atoms with van der Waals surface area (Å²) in [6.45, 7) is 4.31. The number of rotatable bonds is 12. The molecule has 9 heteroatoms. The molecular formula is C31H37FN2O5S. The van der Waals surface area contributed by atoms with Gasteiger partial charge in [0.2, 0.25) is 10.0 Å². The van der Waals surface area contributed by atoms with Gasteiger partial charge >= 0.3 is 5.97 Å². The lowest BCUT2D eigenvalue weighted by Gasteiger charge is -2.31. The van der Waals surface area contributed by atoms with Gasteiger partial charge < -0.3 is 15.5 Å². The van der Waals surface area contributed by atoms with Crippen molar-refractivity contribution in [2.75, 3.05) is 20.1 Å². The minimum Gasteiger partial charge on any atom is -0.481 e. The van der Waals surface area contributed by atoms with Crippen LogP contribution in [-0.2, 0) is 34.1 Å². The Morgan fingerprint density at radius 3 is 2.40 bits per heavy atom. The average Bonchev–Trinajstić information content (AvgIpc) is 3.30. The smallest absolute Gasteiger partial charge is 0.307 e. The average molecular weight is 569 g/mol. The largest absolute Gasteiger partial charge is 0.481 e. The van der Waals surface area contributed by atoms with Crippen LogP contribution in [-0.4, -0.2) is 60.7 Å². The van der Waals surface area contributed by atoms with Crippen LogP contribution in [0.2, 0.25) is 0 Å². The number of benzene rings is 3. The molecule has 0 unspecified atom stereocenters. The Labute approximate surface area is 235 Å². The predicted octanol–water partition coefficient (Wildman–Crippen LogP) is 4.27. The molecule has 1 atom stereocenters. The first-order chi connectivity index (χ1) is 18.8. The van der Waals surface area contributed by atoms with Gasteiger partial charge in [-0.05, 0) is 85.5 Å². The molecule has 0 amide bonds. The molecule has 0 aromatic heterocycles. The van der Waals surface area contributed by atoms with E-state index in [9.17, 15) is 22.7 Å². The number of β-amino-alcohol motifs (C(OH)–C–C–N with tert-alkyl or cyclic N) is 1. The zero-order valence-electron chi connectivity index (χ0n) is 23.1. The van der Waals surface area contributed by atoms with E-state index >= 15 is 0 Å². The zero-order valence-corrected chi connectivity index (χ0v) is 23.9. The predicted molar refractivity (Wildman–Crippen MR) is 153 cm³/mol. The highest BCUT2D eigenvalue weighted by Gasteiger charge is 2.29. The lowest BCUT2D eigenvalue weighted by Crippen LogP contribution is -2.47. The molecule has 0 spiro atoms. The number of nitrogens with one attached hydrogen (secondary N) is 1. The summed E-state index contributed by atoms with van der Waals surface area (Å²) in [5.74, 6) is -1.11. The Morgan fingerprint density at radius 1 is 1.07 bits per heavy atom. The SMILES string of the molecule is CN(C[C@H](O)CNC(C)(C)CC1Cc2ccccc2C1)S(=O)(=O)c1cccc(-c2cc(CC(=O)O)ccc2F)c1. The quantitative estimate of drug-likeness (QED) is 0.301. The molecule has 0 saturated heterocycles. The third kappa shape index (κ3) is 7.34. The number of sulfonamides is 1. The molecule has 214 valence electrons. The Morgan fingerprint density at radius 2 is 1.75 bits per heavy atom. The second-order valence-electron chi connectivity index (χ2n) is 11.4. The van der Waals surface area contributed by atoms with Crippen LogP contribution in [0.1, 0.15) is 37.0 Å². The van der Waals surface area contributed by atoms with Crippen molar-refractivity contribution in [1.29, 1.82) is 0 Å². The van der Waals surface area contributed by atoms with E-state index in [2.05, 4.69) is 43.4 Å². The molecule has 7 nitrogen and oxygen atoms in total. The number of nitrogens with zero attached hydrogens (tertiary/aromatic N) is 1. The van der Waals surface area contributed by atoms with Gasteiger partial charge in [-0.2, -0.15) is 4.31 Å². The molecule has 3 aromatic rings. The van der Waals surface area contributed by atoms with Gasteiger partial charge in [-0.15, -0.1) is 0 Å². The van der Waals surface area contributed by atoms with Crippen LogP contribution >= 0.6 is 0 Å². The number of carbonyl (C=O) groups is 1. The van der Waals surface area contributed by atoms with Gasteiger partial charge in [0, 0.05) is 31.2 Å². The summed E-state index contributed by atoms with van der Waals surface area (Å²) in [5.41, 5.74) is 3.40. The molecule has 1 aliphatic carbocycles. The number of hydrogen-bond donors (Lipinski definition) is 3. The third-order valence-electron chi connectivity index (χ3n) is 7.46. The molecule has 1 aliphatic rings. The standard InChI is InChI=1S/C31H37FN2O5S/c1-31(2,18-22-13-23-7-4-5-8-24(23)14-22)33-19-26(35)20-34(3)40(38,39)27-10-6-9-25(17-27)28-15-21(16-30(36)37)11-12-29(28)32/h4-12,15,17,22,26,33,35H,13-14,16,18-20H2,1-3H3,(H,36,37)/t26-/m1/s1. The normalized spacial score (nSPS) is 14.8. The van der Waals surface area contributed by atoms with Crippen LogP contribution in [0.15, 0.2) is 71.6 Å². The number of carboxylic acid groups (broad SMARTS) is 1. The number of aliphatic carboxylic acids is 1. The van der Waals surface area contributed by atoms with Crippen LogP contribution in [0.3, 0.4) is 0 Å². The molecule has 0 bridgehead atoms. The van der Waals surface area contributed by atoms with Crippen LogP contribution in [0, 0.1) is 11.7 Å². The number of likely N-dealkylation sites (N-methyl/N-ethyl adjacent to an activating group) is 1. The fourth-order valence-electron chi connectivity index (χ4n) is 5.52. The Balaban J connectivity index is 1.37. The highest BCUT2D eigenvalue weighted by Crippen LogP contribution is 2.32. The molecule has 40 heavy (non-hydrogen) atoms. The Kier molecular flexibility index (Phi) is 9.09. The first-order valence-electron chi connectivity index (χ1n) is 13.4. The van der Waals surface area contributed by atoms with Crippen molar-refractivity contribution in [2.24, 2.45) is 5.92 Å². The van der Waals surface area contributed by atoms with Crippen LogP contribution in [0.25, 0.3) is 11.1 Å². The summed E-state index contributed by atoms with van der Waals surface area (Å²) in [7, 11) is -2.58. The summed E-state index contributed by atoms with van der Waals surface area (Å²) < 4.78 is 42.3. The van der Waals surface area contributed by atoms with Crippen molar-refractivity contribution in [3.05, 3.63) is 89.2 Å². The van der Waals surface area contributed by atoms with E-state index in [-0.39, 0.29) is 35.5 Å². The first-order valence-corrected chi connectivity index (χ1v) is 14.8. The maximum atomic E-state index is 14.6. The van der Waals surface area contributed by atoms with Gasteiger partial charge in [0.05, 0.1) is 17.4 Å². The van der Waals surface area contributed by atoms with E-state index in [1.165, 1.54) is 54.6 Å². The van der Waals surface area contributed by atoms with E-state index < -0.39 is 27.9 Å². The third-order valence-corrected chi connectivity index (χ3v) is 9.28. The van der Waals surface area contributed by atoms with Gasteiger partial charge in [-0.1, -0.05) is 42.5 Å². The number of aliphatic hydroxyl groups is 1. The molecular weight excluding hydrogens is 531 g/mol. The summed E-state index contributed by atoms with van der Waals surface area (Å²) in [6, 6.07) is 18.4. The Hall–Kier alpha value is -3.11. The number of aliphatic hydroxyl groups excluding tert-OH is 1. The molecule has 4 rings (SSSR count). The molecule has 0 saturated carbocycles. The molecule has 0 heterocycles. The summed E-state index contributed by atoms with van der Waals surface area (Å²) >= 11 is 0. The summed E-state index contributed by atoms with van der Waals surface area (Å²) in [5, 5.41) is 23.2. The number of carboxylic acids is 1. The Bertz CT molecular complexity index is 1450. The van der Waals surface area contributed by atoms with Gasteiger partial charge in [0.25, 0.3) is 0 Å². The zero-order chi connectivity index (χ0) is 29.1. The van der Waals surface area contributed by atoms with E-state index in [0.717, 1.165) is 23.6 Å². The van der Waals surface area contributed by atoms with Gasteiger partial charge in [-0.25, -0.2) is 12.8 Å². The number of halogens is 1. The van der Waals surface area contributed by atoms with Crippen molar-refractivity contribution in [2.45, 2.75) is 56.1 Å². The van der Waals surface area contributed by atoms with E-state index in [1.807, 2.05) is 0 Å². The first kappa shape index (κ1) is 29.9. The van der Waals surface area contributed by atoms with E-state index in [4.69, 9.17) is 5.11 Å². The van der Waals surface area contributed by atoms with Crippen molar-refractivity contribution >= 4 is 16.0 Å². The second kappa shape index (κ2) is 12.2. The molecule has 3 aromatic carbocycles. The van der Waals surface area contributed by atoms with E-state index in [1.54, 1.807) is 6.07 Å². The second-order valence-corrected chi connectivity index (χ2v) is 13.4. The van der Waals surface area contributed by atoms with Crippen LogP contribution < -0.4 is 5.32 Å². The molecule has 0 aliphatic heterocycles. The maximum Gasteiger partial charge on any atom is 0.307 e. The fraction of sp³-hybridized carbons (Fsp3) is 0.387. The molecule has 0 fully saturated rings. The van der Waals surface area contributed by atoms with Gasteiger partial charge in [0.15, 0.2) is 0 Å². The van der Waals surface area contributed by atoms with Gasteiger partial charge in [0.1, 0.15) is 5.82 Å². The fourth-order valence-corrected chi connectivity index (χ4v) is 6.78. The van der Waals surface area contributed by atoms with Crippen molar-refractivity contribution < 1.29 is 27.8 Å². The summed E-state index contributed by atoms with van der Waals surface area (Å²) in [4.78, 5) is 11.0. The van der Waals surface area contributed by atoms with Crippen molar-refractivity contribution in [3.8, 4) is 11.1 Å².